The lowest BCUT2D eigenvalue weighted by Gasteiger charge is -2.16. The molecule has 120 valence electrons. The van der Waals surface area contributed by atoms with Crippen LogP contribution >= 0.6 is 0 Å². The second-order valence-electron chi connectivity index (χ2n) is 5.31. The molecule has 2 aromatic rings. The monoisotopic (exact) mass is 315 g/mol. The second-order valence-corrected chi connectivity index (χ2v) is 5.31. The number of hydrogen-bond acceptors (Lipinski definition) is 5. The molecule has 2 amide bonds. The van der Waals surface area contributed by atoms with Gasteiger partial charge in [-0.15, -0.1) is 0 Å². The Morgan fingerprint density at radius 3 is 3.00 bits per heavy atom. The van der Waals surface area contributed by atoms with Crippen molar-refractivity contribution in [2.75, 3.05) is 23.4 Å². The SMILES string of the molecule is Cc1cc(NC(=O)COc2cccc(N3CCCC3=O)c2)no1. The molecule has 0 radical (unpaired) electrons. The van der Waals surface area contributed by atoms with Gasteiger partial charge in [-0.2, -0.15) is 0 Å². The van der Waals surface area contributed by atoms with Crippen LogP contribution in [0.15, 0.2) is 34.9 Å². The van der Waals surface area contributed by atoms with E-state index in [0.717, 1.165) is 12.1 Å². The number of ether oxygens (including phenoxy) is 1. The normalized spacial score (nSPS) is 14.1. The molecule has 1 aliphatic rings. The third kappa shape index (κ3) is 3.68. The number of carbonyl (C=O) groups is 2. The molecule has 3 rings (SSSR count). The first-order chi connectivity index (χ1) is 11.1. The van der Waals surface area contributed by atoms with E-state index in [0.29, 0.717) is 30.3 Å². The highest BCUT2D eigenvalue weighted by Crippen LogP contribution is 2.25. The van der Waals surface area contributed by atoms with Crippen LogP contribution in [0.3, 0.4) is 0 Å². The van der Waals surface area contributed by atoms with Crippen LogP contribution in [0.2, 0.25) is 0 Å². The summed E-state index contributed by atoms with van der Waals surface area (Å²) in [6.45, 7) is 2.31. The van der Waals surface area contributed by atoms with Gasteiger partial charge in [0.05, 0.1) is 0 Å². The van der Waals surface area contributed by atoms with Crippen LogP contribution in [-0.4, -0.2) is 30.1 Å². The van der Waals surface area contributed by atoms with E-state index in [4.69, 9.17) is 9.26 Å². The molecular weight excluding hydrogens is 298 g/mol. The van der Waals surface area contributed by atoms with Crippen LogP contribution in [0.25, 0.3) is 0 Å². The van der Waals surface area contributed by atoms with E-state index in [1.165, 1.54) is 0 Å². The molecule has 1 saturated heterocycles. The number of carbonyl (C=O) groups excluding carboxylic acids is 2. The molecule has 1 N–H and O–H groups in total. The minimum atomic E-state index is -0.332. The van der Waals surface area contributed by atoms with E-state index >= 15 is 0 Å². The lowest BCUT2D eigenvalue weighted by atomic mass is 10.3. The summed E-state index contributed by atoms with van der Waals surface area (Å²) in [5.74, 6) is 1.28. The molecule has 1 aliphatic heterocycles. The number of rotatable bonds is 5. The fourth-order valence-corrected chi connectivity index (χ4v) is 2.42. The van der Waals surface area contributed by atoms with Gasteiger partial charge in [-0.05, 0) is 25.5 Å². The number of aromatic nitrogens is 1. The first-order valence-electron chi connectivity index (χ1n) is 7.38. The van der Waals surface area contributed by atoms with E-state index in [1.807, 2.05) is 6.07 Å². The van der Waals surface area contributed by atoms with Crippen LogP contribution < -0.4 is 15.0 Å². The second kappa shape index (κ2) is 6.51. The molecule has 1 aromatic carbocycles. The zero-order valence-corrected chi connectivity index (χ0v) is 12.7. The van der Waals surface area contributed by atoms with Gasteiger partial charge < -0.3 is 19.5 Å². The maximum atomic E-state index is 11.8. The van der Waals surface area contributed by atoms with Crippen LogP contribution in [-0.2, 0) is 9.59 Å². The first kappa shape index (κ1) is 15.1. The highest BCUT2D eigenvalue weighted by Gasteiger charge is 2.21. The molecule has 0 atom stereocenters. The number of nitrogens with zero attached hydrogens (tertiary/aromatic N) is 2. The van der Waals surface area contributed by atoms with Gasteiger partial charge in [-0.25, -0.2) is 0 Å². The Morgan fingerprint density at radius 1 is 1.43 bits per heavy atom. The van der Waals surface area contributed by atoms with Crippen molar-refractivity contribution in [3.8, 4) is 5.75 Å². The predicted molar refractivity (Wildman–Crippen MR) is 83.4 cm³/mol. The Morgan fingerprint density at radius 2 is 2.30 bits per heavy atom. The zero-order valence-electron chi connectivity index (χ0n) is 12.7. The average molecular weight is 315 g/mol. The quantitative estimate of drug-likeness (QED) is 0.913. The third-order valence-corrected chi connectivity index (χ3v) is 3.47. The van der Waals surface area contributed by atoms with E-state index < -0.39 is 0 Å². The molecule has 7 nitrogen and oxygen atoms in total. The van der Waals surface area contributed by atoms with Crippen molar-refractivity contribution in [2.45, 2.75) is 19.8 Å². The largest absolute Gasteiger partial charge is 0.484 e. The zero-order chi connectivity index (χ0) is 16.2. The Bertz CT molecular complexity index is 726. The van der Waals surface area contributed by atoms with Crippen molar-refractivity contribution in [3.05, 3.63) is 36.1 Å². The summed E-state index contributed by atoms with van der Waals surface area (Å²) in [6, 6.07) is 8.79. The maximum absolute atomic E-state index is 11.8. The van der Waals surface area contributed by atoms with E-state index in [1.54, 1.807) is 36.1 Å². The summed E-state index contributed by atoms with van der Waals surface area (Å²) in [5.41, 5.74) is 0.789. The van der Waals surface area contributed by atoms with Gasteiger partial charge in [0.2, 0.25) is 5.91 Å². The first-order valence-corrected chi connectivity index (χ1v) is 7.38. The van der Waals surface area contributed by atoms with Crippen LogP contribution in [0.5, 0.6) is 5.75 Å². The predicted octanol–water partition coefficient (Wildman–Crippen LogP) is 2.13. The van der Waals surface area contributed by atoms with Crippen LogP contribution in [0.4, 0.5) is 11.5 Å². The fourth-order valence-electron chi connectivity index (χ4n) is 2.42. The van der Waals surface area contributed by atoms with E-state index in [9.17, 15) is 9.59 Å². The van der Waals surface area contributed by atoms with Crippen molar-refractivity contribution >= 4 is 23.3 Å². The summed E-state index contributed by atoms with van der Waals surface area (Å²) in [4.78, 5) is 25.3. The highest BCUT2D eigenvalue weighted by atomic mass is 16.5. The molecule has 0 spiro atoms. The molecule has 1 fully saturated rings. The Labute approximate surface area is 133 Å². The molecule has 0 unspecified atom stereocenters. The standard InChI is InChI=1S/C16H17N3O4/c1-11-8-14(18-23-11)17-15(20)10-22-13-5-2-4-12(9-13)19-7-3-6-16(19)21/h2,4-5,8-9H,3,6-7,10H2,1H3,(H,17,18,20). The summed E-state index contributed by atoms with van der Waals surface area (Å²) >= 11 is 0. The topological polar surface area (TPSA) is 84.7 Å². The average Bonchev–Trinajstić information content (AvgIpc) is 3.14. The van der Waals surface area contributed by atoms with Gasteiger partial charge in [0.25, 0.3) is 5.91 Å². The van der Waals surface area contributed by atoms with Gasteiger partial charge in [0.15, 0.2) is 12.4 Å². The van der Waals surface area contributed by atoms with E-state index in [-0.39, 0.29) is 18.4 Å². The van der Waals surface area contributed by atoms with Crippen molar-refractivity contribution in [1.82, 2.24) is 5.16 Å². The van der Waals surface area contributed by atoms with Gasteiger partial charge in [0, 0.05) is 30.8 Å². The summed E-state index contributed by atoms with van der Waals surface area (Å²) < 4.78 is 10.3. The number of hydrogen-bond donors (Lipinski definition) is 1. The van der Waals surface area contributed by atoms with Crippen LogP contribution in [0.1, 0.15) is 18.6 Å². The smallest absolute Gasteiger partial charge is 0.263 e. The minimum Gasteiger partial charge on any atom is -0.484 e. The molecule has 0 saturated carbocycles. The minimum absolute atomic E-state index is 0.112. The lowest BCUT2D eigenvalue weighted by molar-refractivity contribution is -0.118. The van der Waals surface area contributed by atoms with Gasteiger partial charge >= 0.3 is 0 Å². The fraction of sp³-hybridized carbons (Fsp3) is 0.312. The molecular formula is C16H17N3O4. The number of amides is 2. The van der Waals surface area contributed by atoms with Gasteiger partial charge in [-0.1, -0.05) is 11.2 Å². The Balaban J connectivity index is 1.57. The van der Waals surface area contributed by atoms with Crippen molar-refractivity contribution in [3.63, 3.8) is 0 Å². The van der Waals surface area contributed by atoms with Gasteiger partial charge in [0.1, 0.15) is 11.5 Å². The summed E-state index contributed by atoms with van der Waals surface area (Å²) in [5, 5.41) is 6.26. The Kier molecular flexibility index (Phi) is 4.27. The third-order valence-electron chi connectivity index (χ3n) is 3.47. The van der Waals surface area contributed by atoms with E-state index in [2.05, 4.69) is 10.5 Å². The summed E-state index contributed by atoms with van der Waals surface area (Å²) in [6.07, 6.45) is 1.44. The number of nitrogens with one attached hydrogen (secondary N) is 1. The molecule has 2 heterocycles. The van der Waals surface area contributed by atoms with Crippen molar-refractivity contribution in [2.24, 2.45) is 0 Å². The molecule has 0 bridgehead atoms. The molecule has 7 heteroatoms. The van der Waals surface area contributed by atoms with Crippen molar-refractivity contribution < 1.29 is 18.8 Å². The number of benzene rings is 1. The molecule has 1 aromatic heterocycles. The van der Waals surface area contributed by atoms with Crippen LogP contribution in [0, 0.1) is 6.92 Å². The lowest BCUT2D eigenvalue weighted by Crippen LogP contribution is -2.24. The molecule has 23 heavy (non-hydrogen) atoms. The Hall–Kier alpha value is -2.83. The summed E-state index contributed by atoms with van der Waals surface area (Å²) in [7, 11) is 0. The number of aryl methyl sites for hydroxylation is 1. The molecule has 0 aliphatic carbocycles. The van der Waals surface area contributed by atoms with Crippen molar-refractivity contribution in [1.29, 1.82) is 0 Å². The highest BCUT2D eigenvalue weighted by molar-refractivity contribution is 5.95. The number of anilines is 2. The maximum Gasteiger partial charge on any atom is 0.263 e. The van der Waals surface area contributed by atoms with Gasteiger partial charge in [-0.3, -0.25) is 9.59 Å².